The van der Waals surface area contributed by atoms with Crippen molar-refractivity contribution in [1.29, 1.82) is 0 Å². The fourth-order valence-electron chi connectivity index (χ4n) is 2.01. The van der Waals surface area contributed by atoms with Crippen LogP contribution in [0.2, 0.25) is 5.02 Å². The number of fused-ring (bicyclic) bond motifs is 1. The van der Waals surface area contributed by atoms with Crippen molar-refractivity contribution < 1.29 is 28.5 Å². The summed E-state index contributed by atoms with van der Waals surface area (Å²) in [6.45, 7) is -0.539. The van der Waals surface area contributed by atoms with Crippen LogP contribution in [-0.2, 0) is 9.53 Å². The monoisotopic (exact) mass is 348 g/mol. The van der Waals surface area contributed by atoms with Gasteiger partial charge in [0, 0.05) is 10.6 Å². The van der Waals surface area contributed by atoms with Gasteiger partial charge in [-0.2, -0.15) is 0 Å². The van der Waals surface area contributed by atoms with E-state index in [1.165, 1.54) is 0 Å². The standard InChI is InChI=1S/C17H13ClO6/c18-12-2-4-13(5-3-12)21-9-17(20)22-8-14(19)11-1-6-15-16(7-11)24-10-23-15/h1-7H,8-10H2. The normalized spacial score (nSPS) is 11.9. The first kappa shape index (κ1) is 16.1. The lowest BCUT2D eigenvalue weighted by Gasteiger charge is -2.07. The first-order valence-corrected chi connectivity index (χ1v) is 7.46. The summed E-state index contributed by atoms with van der Waals surface area (Å²) >= 11 is 5.75. The second-order valence-corrected chi connectivity index (χ2v) is 5.33. The van der Waals surface area contributed by atoms with Gasteiger partial charge in [-0.25, -0.2) is 4.79 Å². The van der Waals surface area contributed by atoms with E-state index in [1.54, 1.807) is 42.5 Å². The van der Waals surface area contributed by atoms with E-state index in [0.29, 0.717) is 27.8 Å². The van der Waals surface area contributed by atoms with Crippen molar-refractivity contribution in [3.63, 3.8) is 0 Å². The average Bonchev–Trinajstić information content (AvgIpc) is 3.06. The van der Waals surface area contributed by atoms with E-state index in [2.05, 4.69) is 0 Å². The van der Waals surface area contributed by atoms with Crippen LogP contribution in [0.3, 0.4) is 0 Å². The number of esters is 1. The van der Waals surface area contributed by atoms with Crippen LogP contribution in [0.25, 0.3) is 0 Å². The summed E-state index contributed by atoms with van der Waals surface area (Å²) in [5, 5.41) is 0.569. The Bertz CT molecular complexity index is 756. The highest BCUT2D eigenvalue weighted by Gasteiger charge is 2.17. The predicted molar refractivity (Wildman–Crippen MR) is 84.8 cm³/mol. The first-order chi connectivity index (χ1) is 11.6. The van der Waals surface area contributed by atoms with Crippen molar-refractivity contribution in [2.24, 2.45) is 0 Å². The second-order valence-electron chi connectivity index (χ2n) is 4.89. The van der Waals surface area contributed by atoms with E-state index in [9.17, 15) is 9.59 Å². The maximum Gasteiger partial charge on any atom is 0.344 e. The number of carbonyl (C=O) groups excluding carboxylic acids is 2. The SMILES string of the molecule is O=C(COc1ccc(Cl)cc1)OCC(=O)c1ccc2c(c1)OCO2. The highest BCUT2D eigenvalue weighted by molar-refractivity contribution is 6.30. The van der Waals surface area contributed by atoms with Gasteiger partial charge in [0.15, 0.2) is 30.5 Å². The van der Waals surface area contributed by atoms with Crippen molar-refractivity contribution in [2.75, 3.05) is 20.0 Å². The Balaban J connectivity index is 1.47. The van der Waals surface area contributed by atoms with E-state index >= 15 is 0 Å². The topological polar surface area (TPSA) is 71.1 Å². The number of hydrogen-bond acceptors (Lipinski definition) is 6. The summed E-state index contributed by atoms with van der Waals surface area (Å²) in [7, 11) is 0. The molecule has 2 aromatic carbocycles. The van der Waals surface area contributed by atoms with Crippen LogP contribution in [0.4, 0.5) is 0 Å². The van der Waals surface area contributed by atoms with Crippen LogP contribution in [0.1, 0.15) is 10.4 Å². The van der Waals surface area contributed by atoms with Crippen LogP contribution < -0.4 is 14.2 Å². The maximum atomic E-state index is 12.0. The molecule has 0 saturated carbocycles. The van der Waals surface area contributed by atoms with Gasteiger partial charge in [0.25, 0.3) is 0 Å². The third-order valence-corrected chi connectivity index (χ3v) is 3.48. The van der Waals surface area contributed by atoms with Gasteiger partial charge < -0.3 is 18.9 Å². The number of rotatable bonds is 6. The number of hydrogen-bond donors (Lipinski definition) is 0. The average molecular weight is 349 g/mol. The highest BCUT2D eigenvalue weighted by Crippen LogP contribution is 2.32. The molecule has 0 radical (unpaired) electrons. The van der Waals surface area contributed by atoms with Crippen molar-refractivity contribution in [2.45, 2.75) is 0 Å². The summed E-state index contributed by atoms with van der Waals surface area (Å²) in [4.78, 5) is 23.7. The number of benzene rings is 2. The van der Waals surface area contributed by atoms with E-state index < -0.39 is 5.97 Å². The molecule has 0 unspecified atom stereocenters. The summed E-state index contributed by atoms with van der Waals surface area (Å²) in [5.41, 5.74) is 0.380. The molecule has 0 aliphatic carbocycles. The molecule has 0 spiro atoms. The third kappa shape index (κ3) is 3.97. The Kier molecular flexibility index (Phi) is 4.86. The number of halogens is 1. The Morgan fingerprint density at radius 2 is 1.75 bits per heavy atom. The molecular formula is C17H13ClO6. The molecular weight excluding hydrogens is 336 g/mol. The Hall–Kier alpha value is -2.73. The molecule has 3 rings (SSSR count). The van der Waals surface area contributed by atoms with Gasteiger partial charge >= 0.3 is 5.97 Å². The van der Waals surface area contributed by atoms with Gasteiger partial charge in [-0.1, -0.05) is 11.6 Å². The van der Waals surface area contributed by atoms with Crippen LogP contribution in [-0.4, -0.2) is 31.8 Å². The Morgan fingerprint density at radius 1 is 1.00 bits per heavy atom. The van der Waals surface area contributed by atoms with Gasteiger partial charge in [-0.05, 0) is 42.5 Å². The van der Waals surface area contributed by atoms with E-state index in [1.807, 2.05) is 0 Å². The Labute approximate surface area is 142 Å². The van der Waals surface area contributed by atoms with Gasteiger partial charge in [0.1, 0.15) is 5.75 Å². The van der Waals surface area contributed by atoms with E-state index in [4.69, 9.17) is 30.5 Å². The van der Waals surface area contributed by atoms with Crippen molar-refractivity contribution in [3.05, 3.63) is 53.1 Å². The molecule has 1 heterocycles. The molecule has 0 atom stereocenters. The minimum Gasteiger partial charge on any atom is -0.482 e. The van der Waals surface area contributed by atoms with Gasteiger partial charge in [0.2, 0.25) is 6.79 Å². The molecule has 0 N–H and O–H groups in total. The third-order valence-electron chi connectivity index (χ3n) is 3.23. The number of Topliss-reactive ketones (excluding diaryl/α,β-unsaturated/α-hetero) is 1. The molecule has 7 heteroatoms. The Morgan fingerprint density at radius 3 is 2.54 bits per heavy atom. The molecule has 124 valence electrons. The largest absolute Gasteiger partial charge is 0.482 e. The fraction of sp³-hybridized carbons (Fsp3) is 0.176. The van der Waals surface area contributed by atoms with Crippen molar-refractivity contribution in [3.8, 4) is 17.2 Å². The number of ether oxygens (including phenoxy) is 4. The smallest absolute Gasteiger partial charge is 0.344 e. The van der Waals surface area contributed by atoms with Crippen molar-refractivity contribution >= 4 is 23.4 Å². The van der Waals surface area contributed by atoms with Gasteiger partial charge in [-0.3, -0.25) is 4.79 Å². The maximum absolute atomic E-state index is 12.0. The lowest BCUT2D eigenvalue weighted by Crippen LogP contribution is -2.19. The minimum atomic E-state index is -0.640. The zero-order valence-corrected chi connectivity index (χ0v) is 13.2. The van der Waals surface area contributed by atoms with Gasteiger partial charge in [-0.15, -0.1) is 0 Å². The molecule has 0 aromatic heterocycles. The van der Waals surface area contributed by atoms with Crippen molar-refractivity contribution in [1.82, 2.24) is 0 Å². The zero-order valence-electron chi connectivity index (χ0n) is 12.5. The summed E-state index contributed by atoms with van der Waals surface area (Å²) < 4.78 is 20.5. The molecule has 0 fully saturated rings. The number of ketones is 1. The molecule has 0 amide bonds. The number of carbonyl (C=O) groups is 2. The minimum absolute atomic E-state index is 0.129. The molecule has 24 heavy (non-hydrogen) atoms. The summed E-state index contributed by atoms with van der Waals surface area (Å²) in [6.07, 6.45) is 0. The molecule has 1 aliphatic rings. The lowest BCUT2D eigenvalue weighted by molar-refractivity contribution is -0.144. The molecule has 2 aromatic rings. The fourth-order valence-corrected chi connectivity index (χ4v) is 2.14. The van der Waals surface area contributed by atoms with Crippen LogP contribution in [0, 0.1) is 0 Å². The summed E-state index contributed by atoms with van der Waals surface area (Å²) in [6, 6.07) is 11.3. The molecule has 6 nitrogen and oxygen atoms in total. The zero-order chi connectivity index (χ0) is 16.9. The predicted octanol–water partition coefficient (Wildman–Crippen LogP) is 2.87. The lowest BCUT2D eigenvalue weighted by atomic mass is 10.1. The van der Waals surface area contributed by atoms with Crippen LogP contribution in [0.15, 0.2) is 42.5 Å². The second kappa shape index (κ2) is 7.23. The van der Waals surface area contributed by atoms with Crippen LogP contribution in [0.5, 0.6) is 17.2 Å². The highest BCUT2D eigenvalue weighted by atomic mass is 35.5. The molecule has 1 aliphatic heterocycles. The van der Waals surface area contributed by atoms with Gasteiger partial charge in [0.05, 0.1) is 0 Å². The molecule has 0 saturated heterocycles. The van der Waals surface area contributed by atoms with Crippen LogP contribution >= 0.6 is 11.6 Å². The molecule has 0 bridgehead atoms. The van der Waals surface area contributed by atoms with E-state index in [-0.39, 0.29) is 25.8 Å². The summed E-state index contributed by atoms with van der Waals surface area (Å²) in [5.74, 6) is 0.587. The van der Waals surface area contributed by atoms with E-state index in [0.717, 1.165) is 0 Å². The first-order valence-electron chi connectivity index (χ1n) is 7.08. The quantitative estimate of drug-likeness (QED) is 0.590.